The Labute approximate surface area is 128 Å². The molecule has 1 aliphatic rings. The molecule has 1 unspecified atom stereocenters. The van der Waals surface area contributed by atoms with E-state index in [-0.39, 0.29) is 12.2 Å². The van der Waals surface area contributed by atoms with E-state index in [2.05, 4.69) is 15.9 Å². The van der Waals surface area contributed by atoms with Crippen LogP contribution in [0.2, 0.25) is 0 Å². The molecule has 110 valence electrons. The Balaban J connectivity index is 2.01. The molecule has 0 saturated carbocycles. The van der Waals surface area contributed by atoms with Gasteiger partial charge in [0.25, 0.3) is 0 Å². The zero-order chi connectivity index (χ0) is 14.8. The minimum absolute atomic E-state index is 0.0932. The van der Waals surface area contributed by atoms with Gasteiger partial charge in [-0.15, -0.1) is 0 Å². The Kier molecular flexibility index (Phi) is 4.70. The van der Waals surface area contributed by atoms with Crippen LogP contribution in [0.1, 0.15) is 32.4 Å². The lowest BCUT2D eigenvalue weighted by atomic mass is 10.1. The number of hydrogen-bond donors (Lipinski definition) is 0. The fourth-order valence-corrected chi connectivity index (χ4v) is 2.29. The van der Waals surface area contributed by atoms with Gasteiger partial charge >= 0.3 is 6.09 Å². The van der Waals surface area contributed by atoms with E-state index in [0.717, 1.165) is 10.0 Å². The van der Waals surface area contributed by atoms with E-state index in [1.54, 1.807) is 4.90 Å². The predicted octanol–water partition coefficient (Wildman–Crippen LogP) is 3.76. The number of morpholine rings is 1. The van der Waals surface area contributed by atoms with Crippen LogP contribution in [0.3, 0.4) is 0 Å². The molecule has 0 aliphatic carbocycles. The number of halogens is 1. The molecule has 1 aliphatic heterocycles. The van der Waals surface area contributed by atoms with Gasteiger partial charge in [-0.2, -0.15) is 0 Å². The first-order chi connectivity index (χ1) is 9.35. The van der Waals surface area contributed by atoms with Crippen molar-refractivity contribution in [1.29, 1.82) is 0 Å². The standard InChI is InChI=1S/C15H20BrNO3/c1-15(2,3)20-14(18)17-8-9-19-13(10-17)11-4-6-12(16)7-5-11/h4-7,13H,8-10H2,1-3H3. The summed E-state index contributed by atoms with van der Waals surface area (Å²) in [4.78, 5) is 13.8. The van der Waals surface area contributed by atoms with Gasteiger partial charge in [-0.25, -0.2) is 4.79 Å². The van der Waals surface area contributed by atoms with Crippen LogP contribution >= 0.6 is 15.9 Å². The molecule has 1 saturated heterocycles. The van der Waals surface area contributed by atoms with E-state index < -0.39 is 5.60 Å². The largest absolute Gasteiger partial charge is 0.444 e. The molecule has 1 aromatic carbocycles. The first-order valence-electron chi connectivity index (χ1n) is 6.70. The second-order valence-corrected chi connectivity index (χ2v) is 6.75. The summed E-state index contributed by atoms with van der Waals surface area (Å²) < 4.78 is 12.2. The van der Waals surface area contributed by atoms with Crippen LogP contribution < -0.4 is 0 Å². The molecule has 1 amide bonds. The average Bonchev–Trinajstić information content (AvgIpc) is 2.38. The molecule has 1 fully saturated rings. The van der Waals surface area contributed by atoms with Gasteiger partial charge in [0.2, 0.25) is 0 Å². The van der Waals surface area contributed by atoms with Crippen molar-refractivity contribution in [3.05, 3.63) is 34.3 Å². The van der Waals surface area contributed by atoms with Gasteiger partial charge in [0, 0.05) is 11.0 Å². The maximum absolute atomic E-state index is 12.1. The first kappa shape index (κ1) is 15.3. The summed E-state index contributed by atoms with van der Waals surface area (Å²) in [5, 5.41) is 0. The van der Waals surface area contributed by atoms with E-state index in [9.17, 15) is 4.79 Å². The number of benzene rings is 1. The van der Waals surface area contributed by atoms with E-state index in [0.29, 0.717) is 19.7 Å². The summed E-state index contributed by atoms with van der Waals surface area (Å²) in [6.07, 6.45) is -0.368. The molecule has 0 radical (unpaired) electrons. The molecule has 0 N–H and O–H groups in total. The third kappa shape index (κ3) is 4.21. The lowest BCUT2D eigenvalue weighted by Crippen LogP contribution is -2.44. The molecule has 1 heterocycles. The normalized spacial score (nSPS) is 19.8. The van der Waals surface area contributed by atoms with E-state index >= 15 is 0 Å². The summed E-state index contributed by atoms with van der Waals surface area (Å²) >= 11 is 3.41. The van der Waals surface area contributed by atoms with E-state index in [4.69, 9.17) is 9.47 Å². The Hall–Kier alpha value is -1.07. The molecule has 1 atom stereocenters. The summed E-state index contributed by atoms with van der Waals surface area (Å²) in [6, 6.07) is 7.97. The third-order valence-corrected chi connectivity index (χ3v) is 3.49. The van der Waals surface area contributed by atoms with Crippen molar-refractivity contribution in [2.75, 3.05) is 19.7 Å². The fraction of sp³-hybridized carbons (Fsp3) is 0.533. The lowest BCUT2D eigenvalue weighted by Gasteiger charge is -2.34. The Morgan fingerprint density at radius 2 is 2.00 bits per heavy atom. The Morgan fingerprint density at radius 1 is 1.35 bits per heavy atom. The van der Waals surface area contributed by atoms with Gasteiger partial charge in [0.05, 0.1) is 13.2 Å². The highest BCUT2D eigenvalue weighted by molar-refractivity contribution is 9.10. The number of carbonyl (C=O) groups excluding carboxylic acids is 1. The molecule has 4 nitrogen and oxygen atoms in total. The maximum atomic E-state index is 12.1. The topological polar surface area (TPSA) is 38.8 Å². The van der Waals surface area contributed by atoms with Gasteiger partial charge in [0.1, 0.15) is 11.7 Å². The number of carbonyl (C=O) groups is 1. The first-order valence-corrected chi connectivity index (χ1v) is 7.49. The minimum Gasteiger partial charge on any atom is -0.444 e. The third-order valence-electron chi connectivity index (χ3n) is 2.96. The highest BCUT2D eigenvalue weighted by atomic mass is 79.9. The number of rotatable bonds is 1. The predicted molar refractivity (Wildman–Crippen MR) is 80.6 cm³/mol. The van der Waals surface area contributed by atoms with Crippen LogP contribution in [-0.4, -0.2) is 36.3 Å². The Bertz CT molecular complexity index is 467. The molecule has 1 aromatic rings. The number of hydrogen-bond acceptors (Lipinski definition) is 3. The minimum atomic E-state index is -0.470. The molecule has 0 aromatic heterocycles. The van der Waals surface area contributed by atoms with Crippen LogP contribution in [0, 0.1) is 0 Å². The zero-order valence-electron chi connectivity index (χ0n) is 12.1. The highest BCUT2D eigenvalue weighted by Crippen LogP contribution is 2.24. The SMILES string of the molecule is CC(C)(C)OC(=O)N1CCOC(c2ccc(Br)cc2)C1. The smallest absolute Gasteiger partial charge is 0.410 e. The fourth-order valence-electron chi connectivity index (χ4n) is 2.02. The maximum Gasteiger partial charge on any atom is 0.410 e. The number of ether oxygens (including phenoxy) is 2. The van der Waals surface area contributed by atoms with Crippen LogP contribution in [0.4, 0.5) is 4.79 Å². The van der Waals surface area contributed by atoms with Gasteiger partial charge in [-0.05, 0) is 38.5 Å². The molecule has 2 rings (SSSR count). The van der Waals surface area contributed by atoms with Gasteiger partial charge in [0.15, 0.2) is 0 Å². The Morgan fingerprint density at radius 3 is 2.60 bits per heavy atom. The average molecular weight is 342 g/mol. The van der Waals surface area contributed by atoms with Crippen molar-refractivity contribution in [2.45, 2.75) is 32.5 Å². The van der Waals surface area contributed by atoms with E-state index in [1.165, 1.54) is 0 Å². The molecule has 5 heteroatoms. The van der Waals surface area contributed by atoms with Crippen molar-refractivity contribution >= 4 is 22.0 Å². The monoisotopic (exact) mass is 341 g/mol. The summed E-state index contributed by atoms with van der Waals surface area (Å²) in [5.41, 5.74) is 0.601. The van der Waals surface area contributed by atoms with Crippen molar-refractivity contribution in [2.24, 2.45) is 0 Å². The van der Waals surface area contributed by atoms with Crippen molar-refractivity contribution < 1.29 is 14.3 Å². The zero-order valence-corrected chi connectivity index (χ0v) is 13.6. The van der Waals surface area contributed by atoms with Crippen LogP contribution in [0.15, 0.2) is 28.7 Å². The molecular weight excluding hydrogens is 322 g/mol. The van der Waals surface area contributed by atoms with Crippen molar-refractivity contribution in [3.63, 3.8) is 0 Å². The summed E-state index contributed by atoms with van der Waals surface area (Å²) in [5.74, 6) is 0. The molecular formula is C15H20BrNO3. The van der Waals surface area contributed by atoms with Crippen molar-refractivity contribution in [1.82, 2.24) is 4.90 Å². The second kappa shape index (κ2) is 6.14. The van der Waals surface area contributed by atoms with Gasteiger partial charge in [-0.3, -0.25) is 0 Å². The molecule has 0 bridgehead atoms. The summed E-state index contributed by atoms with van der Waals surface area (Å²) in [7, 11) is 0. The highest BCUT2D eigenvalue weighted by Gasteiger charge is 2.28. The summed E-state index contributed by atoms with van der Waals surface area (Å²) in [6.45, 7) is 7.24. The van der Waals surface area contributed by atoms with E-state index in [1.807, 2.05) is 45.0 Å². The van der Waals surface area contributed by atoms with Crippen LogP contribution in [-0.2, 0) is 9.47 Å². The quantitative estimate of drug-likeness (QED) is 0.780. The van der Waals surface area contributed by atoms with Crippen molar-refractivity contribution in [3.8, 4) is 0 Å². The molecule has 20 heavy (non-hydrogen) atoms. The van der Waals surface area contributed by atoms with Gasteiger partial charge < -0.3 is 14.4 Å². The molecule has 0 spiro atoms. The number of amides is 1. The lowest BCUT2D eigenvalue weighted by molar-refractivity contribution is -0.0432. The van der Waals surface area contributed by atoms with Crippen LogP contribution in [0.5, 0.6) is 0 Å². The van der Waals surface area contributed by atoms with Crippen LogP contribution in [0.25, 0.3) is 0 Å². The van der Waals surface area contributed by atoms with Gasteiger partial charge in [-0.1, -0.05) is 28.1 Å². The second-order valence-electron chi connectivity index (χ2n) is 5.84. The number of nitrogens with zero attached hydrogens (tertiary/aromatic N) is 1.